The van der Waals surface area contributed by atoms with Crippen LogP contribution in [0.1, 0.15) is 49.5 Å². The number of thiazole rings is 1. The van der Waals surface area contributed by atoms with Gasteiger partial charge in [0.05, 0.1) is 16.3 Å². The smallest absolute Gasteiger partial charge is 0.257 e. The highest BCUT2D eigenvalue weighted by Crippen LogP contribution is 2.28. The molecule has 5 heteroatoms. The number of aryl methyl sites for hydroxylation is 1. The maximum absolute atomic E-state index is 12.5. The zero-order chi connectivity index (χ0) is 18.5. The number of amides is 1. The van der Waals surface area contributed by atoms with Gasteiger partial charge in [-0.15, -0.1) is 0 Å². The molecule has 0 saturated carbocycles. The van der Waals surface area contributed by atoms with Crippen LogP contribution < -0.4 is 10.1 Å². The Balaban J connectivity index is 1.74. The fraction of sp³-hybridized carbons (Fsp3) is 0.333. The van der Waals surface area contributed by atoms with E-state index in [0.717, 1.165) is 16.6 Å². The maximum atomic E-state index is 12.5. The summed E-state index contributed by atoms with van der Waals surface area (Å²) in [6, 6.07) is 13.5. The fourth-order valence-electron chi connectivity index (χ4n) is 2.71. The number of nitrogens with one attached hydrogen (secondary N) is 1. The molecule has 1 heterocycles. The van der Waals surface area contributed by atoms with E-state index < -0.39 is 0 Å². The van der Waals surface area contributed by atoms with Crippen LogP contribution >= 0.6 is 11.3 Å². The fourth-order valence-corrected chi connectivity index (χ4v) is 3.64. The number of rotatable bonds is 7. The number of aromatic nitrogens is 1. The maximum Gasteiger partial charge on any atom is 0.257 e. The first-order valence-corrected chi connectivity index (χ1v) is 9.84. The molecule has 2 aromatic carbocycles. The van der Waals surface area contributed by atoms with Crippen molar-refractivity contribution in [1.29, 1.82) is 0 Å². The topological polar surface area (TPSA) is 51.2 Å². The van der Waals surface area contributed by atoms with E-state index in [0.29, 0.717) is 16.4 Å². The number of benzene rings is 2. The summed E-state index contributed by atoms with van der Waals surface area (Å²) in [6.07, 6.45) is 3.51. The third kappa shape index (κ3) is 4.61. The van der Waals surface area contributed by atoms with Gasteiger partial charge in [-0.2, -0.15) is 0 Å². The second kappa shape index (κ2) is 8.32. The van der Waals surface area contributed by atoms with Crippen LogP contribution in [0.4, 0.5) is 5.13 Å². The number of fused-ring (bicyclic) bond motifs is 1. The van der Waals surface area contributed by atoms with Crippen molar-refractivity contribution in [1.82, 2.24) is 4.98 Å². The van der Waals surface area contributed by atoms with E-state index in [1.807, 2.05) is 32.0 Å². The highest BCUT2D eigenvalue weighted by atomic mass is 32.1. The van der Waals surface area contributed by atoms with Crippen molar-refractivity contribution in [2.24, 2.45) is 0 Å². The highest BCUT2D eigenvalue weighted by Gasteiger charge is 2.11. The number of ether oxygens (including phenoxy) is 1. The van der Waals surface area contributed by atoms with Crippen LogP contribution in [0.2, 0.25) is 0 Å². The van der Waals surface area contributed by atoms with Crippen LogP contribution in [0.5, 0.6) is 5.75 Å². The zero-order valence-electron chi connectivity index (χ0n) is 15.4. The van der Waals surface area contributed by atoms with Gasteiger partial charge in [-0.1, -0.05) is 36.8 Å². The van der Waals surface area contributed by atoms with E-state index in [-0.39, 0.29) is 12.0 Å². The Labute approximate surface area is 158 Å². The van der Waals surface area contributed by atoms with Gasteiger partial charge in [-0.25, -0.2) is 4.98 Å². The Morgan fingerprint density at radius 1 is 1.23 bits per heavy atom. The second-order valence-electron chi connectivity index (χ2n) is 6.57. The number of nitrogens with zero attached hydrogens (tertiary/aromatic N) is 1. The summed E-state index contributed by atoms with van der Waals surface area (Å²) in [5, 5.41) is 3.52. The molecule has 0 saturated heterocycles. The van der Waals surface area contributed by atoms with Gasteiger partial charge < -0.3 is 4.74 Å². The Morgan fingerprint density at radius 2 is 2.08 bits per heavy atom. The summed E-state index contributed by atoms with van der Waals surface area (Å²) in [7, 11) is 0. The standard InChI is InChI=1S/C21H24N2O2S/c1-4-5-7-15-10-11-18-19(12-15)26-21(22-18)23-20(24)16-8-6-9-17(13-16)25-14(2)3/h6,8-14H,4-5,7H2,1-3H3,(H,22,23,24). The number of anilines is 1. The van der Waals surface area contributed by atoms with Gasteiger partial charge in [0.1, 0.15) is 5.75 Å². The van der Waals surface area contributed by atoms with E-state index >= 15 is 0 Å². The highest BCUT2D eigenvalue weighted by molar-refractivity contribution is 7.22. The zero-order valence-corrected chi connectivity index (χ0v) is 16.2. The second-order valence-corrected chi connectivity index (χ2v) is 7.60. The molecule has 0 spiro atoms. The van der Waals surface area contributed by atoms with Crippen molar-refractivity contribution in [3.8, 4) is 5.75 Å². The SMILES string of the molecule is CCCCc1ccc2nc(NC(=O)c3cccc(OC(C)C)c3)sc2c1. The molecular formula is C21H24N2O2S. The third-order valence-electron chi connectivity index (χ3n) is 3.96. The lowest BCUT2D eigenvalue weighted by Gasteiger charge is -2.10. The number of carbonyl (C=O) groups is 1. The van der Waals surface area contributed by atoms with E-state index in [2.05, 4.69) is 29.4 Å². The summed E-state index contributed by atoms with van der Waals surface area (Å²) in [6.45, 7) is 6.12. The third-order valence-corrected chi connectivity index (χ3v) is 4.89. The van der Waals surface area contributed by atoms with Crippen LogP contribution in [-0.2, 0) is 6.42 Å². The monoisotopic (exact) mass is 368 g/mol. The molecule has 0 fully saturated rings. The molecule has 3 aromatic rings. The molecule has 26 heavy (non-hydrogen) atoms. The molecule has 0 unspecified atom stereocenters. The number of carbonyl (C=O) groups excluding carboxylic acids is 1. The molecule has 1 amide bonds. The summed E-state index contributed by atoms with van der Waals surface area (Å²) < 4.78 is 6.76. The van der Waals surface area contributed by atoms with Crippen molar-refractivity contribution in [2.45, 2.75) is 46.1 Å². The summed E-state index contributed by atoms with van der Waals surface area (Å²) in [5.41, 5.74) is 2.80. The molecule has 136 valence electrons. The molecule has 1 N–H and O–H groups in total. The van der Waals surface area contributed by atoms with Gasteiger partial charge in [-0.3, -0.25) is 10.1 Å². The quantitative estimate of drug-likeness (QED) is 0.584. The lowest BCUT2D eigenvalue weighted by molar-refractivity contribution is 0.102. The lowest BCUT2D eigenvalue weighted by atomic mass is 10.1. The first-order chi connectivity index (χ1) is 12.5. The van der Waals surface area contributed by atoms with E-state index in [1.165, 1.54) is 29.7 Å². The van der Waals surface area contributed by atoms with E-state index in [4.69, 9.17) is 4.74 Å². The first-order valence-electron chi connectivity index (χ1n) is 9.02. The van der Waals surface area contributed by atoms with Crippen molar-refractivity contribution >= 4 is 32.6 Å². The van der Waals surface area contributed by atoms with E-state index in [9.17, 15) is 4.79 Å². The molecule has 0 bridgehead atoms. The molecule has 0 atom stereocenters. The van der Waals surface area contributed by atoms with Crippen molar-refractivity contribution < 1.29 is 9.53 Å². The summed E-state index contributed by atoms with van der Waals surface area (Å²) >= 11 is 1.51. The van der Waals surface area contributed by atoms with Gasteiger partial charge in [-0.05, 0) is 62.6 Å². The van der Waals surface area contributed by atoms with Crippen LogP contribution in [0.25, 0.3) is 10.2 Å². The minimum Gasteiger partial charge on any atom is -0.491 e. The summed E-state index contributed by atoms with van der Waals surface area (Å²) in [5.74, 6) is 0.516. The number of hydrogen-bond acceptors (Lipinski definition) is 4. The molecule has 3 rings (SSSR count). The lowest BCUT2D eigenvalue weighted by Crippen LogP contribution is -2.12. The Hall–Kier alpha value is -2.40. The van der Waals surface area contributed by atoms with Gasteiger partial charge in [0.25, 0.3) is 5.91 Å². The average molecular weight is 369 g/mol. The van der Waals surface area contributed by atoms with Crippen molar-refractivity contribution in [2.75, 3.05) is 5.32 Å². The van der Waals surface area contributed by atoms with Crippen molar-refractivity contribution in [3.63, 3.8) is 0 Å². The minimum absolute atomic E-state index is 0.0690. The van der Waals surface area contributed by atoms with Crippen LogP contribution in [0.15, 0.2) is 42.5 Å². The average Bonchev–Trinajstić information content (AvgIpc) is 3.01. The first kappa shape index (κ1) is 18.4. The van der Waals surface area contributed by atoms with Gasteiger partial charge in [0, 0.05) is 5.56 Å². The van der Waals surface area contributed by atoms with Crippen LogP contribution in [-0.4, -0.2) is 17.0 Å². The molecule has 1 aromatic heterocycles. The molecule has 0 radical (unpaired) electrons. The van der Waals surface area contributed by atoms with E-state index in [1.54, 1.807) is 12.1 Å². The molecule has 0 aliphatic carbocycles. The Morgan fingerprint density at radius 3 is 2.85 bits per heavy atom. The molecule has 0 aliphatic rings. The Bertz CT molecular complexity index is 902. The minimum atomic E-state index is -0.176. The molecule has 4 nitrogen and oxygen atoms in total. The number of unbranched alkanes of at least 4 members (excludes halogenated alkanes) is 1. The van der Waals surface area contributed by atoms with Crippen LogP contribution in [0, 0.1) is 0 Å². The van der Waals surface area contributed by atoms with Gasteiger partial charge >= 0.3 is 0 Å². The molecule has 0 aliphatic heterocycles. The van der Waals surface area contributed by atoms with Gasteiger partial charge in [0.2, 0.25) is 0 Å². The number of hydrogen-bond donors (Lipinski definition) is 1. The van der Waals surface area contributed by atoms with Crippen LogP contribution in [0.3, 0.4) is 0 Å². The largest absolute Gasteiger partial charge is 0.491 e. The van der Waals surface area contributed by atoms with Gasteiger partial charge in [0.15, 0.2) is 5.13 Å². The van der Waals surface area contributed by atoms with Crippen molar-refractivity contribution in [3.05, 3.63) is 53.6 Å². The summed E-state index contributed by atoms with van der Waals surface area (Å²) in [4.78, 5) is 17.1. The normalized spacial score (nSPS) is 11.1. The predicted molar refractivity (Wildman–Crippen MR) is 108 cm³/mol. The molecular weight excluding hydrogens is 344 g/mol. The Kier molecular flexibility index (Phi) is 5.89. The predicted octanol–water partition coefficient (Wildman–Crippen LogP) is 5.68.